The maximum atomic E-state index is 12.8. The topological polar surface area (TPSA) is 66.9 Å². The molecule has 7 heteroatoms. The molecule has 3 aromatic heterocycles. The molecule has 1 aliphatic heterocycles. The zero-order valence-corrected chi connectivity index (χ0v) is 17.6. The molecule has 1 saturated heterocycles. The van der Waals surface area contributed by atoms with Crippen molar-refractivity contribution in [2.24, 2.45) is 0 Å². The van der Waals surface area contributed by atoms with Crippen LogP contribution >= 0.6 is 0 Å². The van der Waals surface area contributed by atoms with Crippen LogP contribution < -0.4 is 10.5 Å². The highest BCUT2D eigenvalue weighted by Crippen LogP contribution is 2.26. The number of aryl methyl sites for hydroxylation is 2. The van der Waals surface area contributed by atoms with Crippen LogP contribution in [0, 0.1) is 13.8 Å². The summed E-state index contributed by atoms with van der Waals surface area (Å²) in [6, 6.07) is 7.94. The number of likely N-dealkylation sites (N-methyl/N-ethyl adjacent to an activating group) is 1. The highest BCUT2D eigenvalue weighted by atomic mass is 16.4. The molecule has 0 aliphatic carbocycles. The Labute approximate surface area is 174 Å². The minimum atomic E-state index is -0.334. The van der Waals surface area contributed by atoms with Gasteiger partial charge in [0.1, 0.15) is 5.69 Å². The SMILES string of the molecule is CCN1CCN(c2ccc3cc(-c4cn5cc(C)nc(C)c5n4)oc(=O)c3c2)CC1. The second-order valence-electron chi connectivity index (χ2n) is 7.92. The third kappa shape index (κ3) is 3.25. The van der Waals surface area contributed by atoms with E-state index in [-0.39, 0.29) is 5.63 Å². The summed E-state index contributed by atoms with van der Waals surface area (Å²) < 4.78 is 7.60. The molecule has 0 amide bonds. The van der Waals surface area contributed by atoms with Crippen LogP contribution in [-0.4, -0.2) is 52.0 Å². The van der Waals surface area contributed by atoms with Crippen molar-refractivity contribution in [1.29, 1.82) is 0 Å². The Kier molecular flexibility index (Phi) is 4.55. The maximum Gasteiger partial charge on any atom is 0.344 e. The lowest BCUT2D eigenvalue weighted by Gasteiger charge is -2.35. The van der Waals surface area contributed by atoms with E-state index in [1.54, 1.807) is 0 Å². The van der Waals surface area contributed by atoms with E-state index in [2.05, 4.69) is 32.8 Å². The lowest BCUT2D eigenvalue weighted by molar-refractivity contribution is 0.271. The second-order valence-corrected chi connectivity index (χ2v) is 7.92. The van der Waals surface area contributed by atoms with Crippen molar-refractivity contribution in [2.45, 2.75) is 20.8 Å². The van der Waals surface area contributed by atoms with Crippen molar-refractivity contribution in [3.8, 4) is 11.5 Å². The summed E-state index contributed by atoms with van der Waals surface area (Å²) in [4.78, 5) is 26.7. The van der Waals surface area contributed by atoms with Gasteiger partial charge in [-0.15, -0.1) is 0 Å². The summed E-state index contributed by atoms with van der Waals surface area (Å²) in [7, 11) is 0. The molecule has 0 atom stereocenters. The van der Waals surface area contributed by atoms with Gasteiger partial charge < -0.3 is 18.6 Å². The van der Waals surface area contributed by atoms with E-state index in [9.17, 15) is 4.79 Å². The molecule has 4 heterocycles. The number of imidazole rings is 1. The van der Waals surface area contributed by atoms with Crippen LogP contribution in [0.4, 0.5) is 5.69 Å². The Morgan fingerprint density at radius 3 is 2.60 bits per heavy atom. The lowest BCUT2D eigenvalue weighted by Crippen LogP contribution is -2.46. The minimum absolute atomic E-state index is 0.334. The first-order valence-corrected chi connectivity index (χ1v) is 10.4. The Hall–Kier alpha value is -3.19. The summed E-state index contributed by atoms with van der Waals surface area (Å²) in [6.45, 7) is 11.2. The summed E-state index contributed by atoms with van der Waals surface area (Å²) in [6.07, 6.45) is 3.80. The molecule has 4 aromatic rings. The second kappa shape index (κ2) is 7.25. The summed E-state index contributed by atoms with van der Waals surface area (Å²) >= 11 is 0. The predicted molar refractivity (Wildman–Crippen MR) is 118 cm³/mol. The highest BCUT2D eigenvalue weighted by molar-refractivity contribution is 5.87. The van der Waals surface area contributed by atoms with Gasteiger partial charge in [0.25, 0.3) is 0 Å². The molecule has 1 aliphatic rings. The van der Waals surface area contributed by atoms with Crippen molar-refractivity contribution in [1.82, 2.24) is 19.3 Å². The Morgan fingerprint density at radius 2 is 1.83 bits per heavy atom. The summed E-state index contributed by atoms with van der Waals surface area (Å²) in [5.41, 5.74) is 3.89. The molecule has 7 nitrogen and oxygen atoms in total. The van der Waals surface area contributed by atoms with Gasteiger partial charge in [0.05, 0.1) is 16.8 Å². The van der Waals surface area contributed by atoms with Gasteiger partial charge in [0.15, 0.2) is 11.4 Å². The zero-order chi connectivity index (χ0) is 20.8. The lowest BCUT2D eigenvalue weighted by atomic mass is 10.1. The first-order chi connectivity index (χ1) is 14.5. The maximum absolute atomic E-state index is 12.8. The van der Waals surface area contributed by atoms with Gasteiger partial charge >= 0.3 is 5.63 Å². The fourth-order valence-electron chi connectivity index (χ4n) is 4.24. The van der Waals surface area contributed by atoms with E-state index < -0.39 is 0 Å². The van der Waals surface area contributed by atoms with E-state index >= 15 is 0 Å². The van der Waals surface area contributed by atoms with Gasteiger partial charge in [-0.3, -0.25) is 4.98 Å². The van der Waals surface area contributed by atoms with Crippen LogP contribution in [0.3, 0.4) is 0 Å². The molecular weight excluding hydrogens is 378 g/mol. The van der Waals surface area contributed by atoms with Crippen LogP contribution in [0.5, 0.6) is 0 Å². The molecule has 154 valence electrons. The van der Waals surface area contributed by atoms with E-state index in [0.29, 0.717) is 16.8 Å². The van der Waals surface area contributed by atoms with Crippen molar-refractivity contribution in [3.63, 3.8) is 0 Å². The molecule has 1 aromatic carbocycles. The van der Waals surface area contributed by atoms with Crippen LogP contribution in [-0.2, 0) is 0 Å². The van der Waals surface area contributed by atoms with Gasteiger partial charge in [-0.1, -0.05) is 13.0 Å². The van der Waals surface area contributed by atoms with E-state index in [4.69, 9.17) is 4.42 Å². The van der Waals surface area contributed by atoms with Crippen molar-refractivity contribution < 1.29 is 4.42 Å². The highest BCUT2D eigenvalue weighted by Gasteiger charge is 2.17. The first kappa shape index (κ1) is 18.8. The molecule has 0 spiro atoms. The number of hydrogen-bond acceptors (Lipinski definition) is 6. The van der Waals surface area contributed by atoms with Gasteiger partial charge in [0, 0.05) is 44.3 Å². The van der Waals surface area contributed by atoms with Crippen molar-refractivity contribution in [2.75, 3.05) is 37.6 Å². The van der Waals surface area contributed by atoms with E-state index in [0.717, 1.165) is 60.8 Å². The molecule has 0 N–H and O–H groups in total. The number of piperazine rings is 1. The average molecular weight is 403 g/mol. The number of fused-ring (bicyclic) bond motifs is 2. The van der Waals surface area contributed by atoms with Crippen LogP contribution in [0.15, 0.2) is 45.9 Å². The van der Waals surface area contributed by atoms with Crippen LogP contribution in [0.25, 0.3) is 27.9 Å². The number of anilines is 1. The molecule has 5 rings (SSSR count). The fourth-order valence-corrected chi connectivity index (χ4v) is 4.24. The molecular formula is C23H25N5O2. The third-order valence-electron chi connectivity index (χ3n) is 5.91. The molecule has 0 radical (unpaired) electrons. The first-order valence-electron chi connectivity index (χ1n) is 10.4. The third-order valence-corrected chi connectivity index (χ3v) is 5.91. The normalized spacial score (nSPS) is 15.4. The summed E-state index contributed by atoms with van der Waals surface area (Å²) in [5, 5.41) is 1.46. The van der Waals surface area contributed by atoms with Crippen molar-refractivity contribution in [3.05, 3.63) is 58.5 Å². The summed E-state index contributed by atoms with van der Waals surface area (Å²) in [5.74, 6) is 0.470. The van der Waals surface area contributed by atoms with Gasteiger partial charge in [-0.25, -0.2) is 9.78 Å². The standard InChI is InChI=1S/C23H25N5O2/c1-4-26-7-9-27(10-8-26)18-6-5-17-11-21(30-23(29)19(17)12-18)20-14-28-13-15(2)24-16(3)22(28)25-20/h5-6,11-14H,4,7-10H2,1-3H3. The average Bonchev–Trinajstić information content (AvgIpc) is 3.18. The number of benzene rings is 1. The monoisotopic (exact) mass is 403 g/mol. The molecule has 0 unspecified atom stereocenters. The number of hydrogen-bond donors (Lipinski definition) is 0. The Balaban J connectivity index is 1.52. The van der Waals surface area contributed by atoms with Gasteiger partial charge in [-0.2, -0.15) is 0 Å². The fraction of sp³-hybridized carbons (Fsp3) is 0.348. The van der Waals surface area contributed by atoms with E-state index in [1.165, 1.54) is 0 Å². The van der Waals surface area contributed by atoms with Crippen molar-refractivity contribution >= 4 is 22.1 Å². The van der Waals surface area contributed by atoms with Gasteiger partial charge in [-0.05, 0) is 44.0 Å². The smallest absolute Gasteiger partial charge is 0.344 e. The number of aromatic nitrogens is 3. The zero-order valence-electron chi connectivity index (χ0n) is 17.6. The van der Waals surface area contributed by atoms with E-state index in [1.807, 2.05) is 48.8 Å². The predicted octanol–water partition coefficient (Wildman–Crippen LogP) is 3.26. The quantitative estimate of drug-likeness (QED) is 0.523. The van der Waals surface area contributed by atoms with Crippen LogP contribution in [0.1, 0.15) is 18.3 Å². The molecule has 0 saturated carbocycles. The Morgan fingerprint density at radius 1 is 1.03 bits per heavy atom. The van der Waals surface area contributed by atoms with Gasteiger partial charge in [0.2, 0.25) is 0 Å². The molecule has 30 heavy (non-hydrogen) atoms. The molecule has 0 bridgehead atoms. The number of rotatable bonds is 3. The minimum Gasteiger partial charge on any atom is -0.421 e. The van der Waals surface area contributed by atoms with Crippen LogP contribution in [0.2, 0.25) is 0 Å². The largest absolute Gasteiger partial charge is 0.421 e. The number of nitrogens with zero attached hydrogens (tertiary/aromatic N) is 5. The molecule has 1 fully saturated rings. The Bertz CT molecular complexity index is 1300.